The Morgan fingerprint density at radius 3 is 2.50 bits per heavy atom. The van der Waals surface area contributed by atoms with Crippen molar-refractivity contribution in [2.75, 3.05) is 6.61 Å². The second-order valence-electron chi connectivity index (χ2n) is 5.72. The Labute approximate surface area is 121 Å². The van der Waals surface area contributed by atoms with Crippen molar-refractivity contribution in [3.8, 4) is 0 Å². The average Bonchev–Trinajstić information content (AvgIpc) is 2.47. The molecule has 1 aliphatic carbocycles. The number of aliphatic carboxylic acids is 1. The van der Waals surface area contributed by atoms with Crippen LogP contribution in [0.2, 0.25) is 0 Å². The first kappa shape index (κ1) is 15.0. The van der Waals surface area contributed by atoms with Crippen LogP contribution in [-0.2, 0) is 16.0 Å². The van der Waals surface area contributed by atoms with E-state index in [0.717, 1.165) is 32.1 Å². The Kier molecular flexibility index (Phi) is 5.60. The van der Waals surface area contributed by atoms with Gasteiger partial charge in [0, 0.05) is 6.42 Å². The summed E-state index contributed by atoms with van der Waals surface area (Å²) in [7, 11) is 0. The van der Waals surface area contributed by atoms with Crippen LogP contribution in [0.25, 0.3) is 0 Å². The molecule has 1 fully saturated rings. The number of ether oxygens (including phenoxy) is 1. The number of carboxylic acid groups (broad SMARTS) is 1. The summed E-state index contributed by atoms with van der Waals surface area (Å²) in [5, 5.41) is 8.91. The lowest BCUT2D eigenvalue weighted by molar-refractivity contribution is -0.140. The van der Waals surface area contributed by atoms with Crippen LogP contribution in [-0.4, -0.2) is 23.3 Å². The van der Waals surface area contributed by atoms with Crippen LogP contribution >= 0.6 is 0 Å². The minimum Gasteiger partial charge on any atom is -0.481 e. The quantitative estimate of drug-likeness (QED) is 0.823. The third-order valence-electron chi connectivity index (χ3n) is 4.20. The first-order chi connectivity index (χ1) is 9.70. The van der Waals surface area contributed by atoms with Crippen LogP contribution in [0.15, 0.2) is 30.3 Å². The van der Waals surface area contributed by atoms with E-state index >= 15 is 0 Å². The van der Waals surface area contributed by atoms with E-state index in [2.05, 4.69) is 12.1 Å². The third kappa shape index (κ3) is 4.64. The Morgan fingerprint density at radius 1 is 1.15 bits per heavy atom. The minimum absolute atomic E-state index is 0.189. The van der Waals surface area contributed by atoms with Gasteiger partial charge in [-0.1, -0.05) is 49.6 Å². The molecule has 1 aromatic carbocycles. The van der Waals surface area contributed by atoms with Crippen LogP contribution < -0.4 is 0 Å². The molecule has 0 unspecified atom stereocenters. The first-order valence-electron chi connectivity index (χ1n) is 7.60. The molecule has 0 aromatic heterocycles. The van der Waals surface area contributed by atoms with Gasteiger partial charge in [0.25, 0.3) is 0 Å². The van der Waals surface area contributed by atoms with E-state index in [-0.39, 0.29) is 12.0 Å². The molecular weight excluding hydrogens is 252 g/mol. The van der Waals surface area contributed by atoms with E-state index in [9.17, 15) is 4.79 Å². The van der Waals surface area contributed by atoms with E-state index in [1.165, 1.54) is 12.0 Å². The topological polar surface area (TPSA) is 46.5 Å². The van der Waals surface area contributed by atoms with E-state index in [0.29, 0.717) is 13.0 Å². The van der Waals surface area contributed by atoms with Gasteiger partial charge in [-0.2, -0.15) is 0 Å². The molecule has 3 heteroatoms. The molecule has 1 N–H and O–H groups in total. The summed E-state index contributed by atoms with van der Waals surface area (Å²) in [6, 6.07) is 10.3. The fourth-order valence-corrected chi connectivity index (χ4v) is 3.03. The molecule has 0 bridgehead atoms. The number of carboxylic acids is 1. The Morgan fingerprint density at radius 2 is 1.85 bits per heavy atom. The van der Waals surface area contributed by atoms with E-state index < -0.39 is 5.97 Å². The van der Waals surface area contributed by atoms with Crippen molar-refractivity contribution in [1.29, 1.82) is 0 Å². The van der Waals surface area contributed by atoms with E-state index in [1.54, 1.807) is 0 Å². The lowest BCUT2D eigenvalue weighted by atomic mass is 9.81. The van der Waals surface area contributed by atoms with Gasteiger partial charge in [0.05, 0.1) is 12.2 Å². The average molecular weight is 276 g/mol. The van der Waals surface area contributed by atoms with Crippen LogP contribution in [0.4, 0.5) is 0 Å². The number of hydrogen-bond acceptors (Lipinski definition) is 2. The van der Waals surface area contributed by atoms with Crippen molar-refractivity contribution in [3.63, 3.8) is 0 Å². The number of hydrogen-bond donors (Lipinski definition) is 1. The highest BCUT2D eigenvalue weighted by Crippen LogP contribution is 2.35. The molecule has 1 aliphatic rings. The summed E-state index contributed by atoms with van der Waals surface area (Å²) in [5.74, 6) is -0.721. The fraction of sp³-hybridized carbons (Fsp3) is 0.588. The highest BCUT2D eigenvalue weighted by atomic mass is 16.5. The summed E-state index contributed by atoms with van der Waals surface area (Å²) < 4.78 is 6.16. The molecule has 0 spiro atoms. The highest BCUT2D eigenvalue weighted by Gasteiger charge is 2.33. The summed E-state index contributed by atoms with van der Waals surface area (Å²) >= 11 is 0. The van der Waals surface area contributed by atoms with Crippen LogP contribution in [0.3, 0.4) is 0 Å². The predicted octanol–water partition coefficient (Wildman–Crippen LogP) is 3.81. The monoisotopic (exact) mass is 276 g/mol. The maximum absolute atomic E-state index is 10.8. The van der Waals surface area contributed by atoms with E-state index in [4.69, 9.17) is 9.84 Å². The smallest absolute Gasteiger partial charge is 0.303 e. The largest absolute Gasteiger partial charge is 0.481 e. The van der Waals surface area contributed by atoms with Crippen molar-refractivity contribution in [3.05, 3.63) is 35.9 Å². The molecule has 0 radical (unpaired) electrons. The SMILES string of the molecule is O=C(O)CCC1(OCCc2ccccc2)CCCCC1. The second-order valence-corrected chi connectivity index (χ2v) is 5.72. The molecule has 0 aliphatic heterocycles. The highest BCUT2D eigenvalue weighted by molar-refractivity contribution is 5.66. The third-order valence-corrected chi connectivity index (χ3v) is 4.20. The lowest BCUT2D eigenvalue weighted by Gasteiger charge is -2.37. The van der Waals surface area contributed by atoms with Gasteiger partial charge in [-0.05, 0) is 31.2 Å². The number of benzene rings is 1. The Balaban J connectivity index is 1.85. The molecule has 0 amide bonds. The zero-order chi connectivity index (χ0) is 14.3. The molecule has 20 heavy (non-hydrogen) atoms. The predicted molar refractivity (Wildman–Crippen MR) is 78.8 cm³/mol. The van der Waals surface area contributed by atoms with Gasteiger partial charge in [0.2, 0.25) is 0 Å². The summed E-state index contributed by atoms with van der Waals surface area (Å²) in [4.78, 5) is 10.8. The van der Waals surface area contributed by atoms with Crippen molar-refractivity contribution in [1.82, 2.24) is 0 Å². The van der Waals surface area contributed by atoms with Crippen LogP contribution in [0.5, 0.6) is 0 Å². The zero-order valence-electron chi connectivity index (χ0n) is 12.0. The molecule has 1 aromatic rings. The van der Waals surface area contributed by atoms with Gasteiger partial charge in [0.1, 0.15) is 0 Å². The van der Waals surface area contributed by atoms with Crippen molar-refractivity contribution in [2.24, 2.45) is 0 Å². The normalized spacial score (nSPS) is 17.8. The fourth-order valence-electron chi connectivity index (χ4n) is 3.03. The standard InChI is InChI=1S/C17H24O3/c18-16(19)9-13-17(11-5-2-6-12-17)20-14-10-15-7-3-1-4-8-15/h1,3-4,7-8H,2,5-6,9-14H2,(H,18,19). The Bertz CT molecular complexity index is 408. The molecule has 1 saturated carbocycles. The van der Waals surface area contributed by atoms with Crippen LogP contribution in [0.1, 0.15) is 50.5 Å². The van der Waals surface area contributed by atoms with Crippen molar-refractivity contribution >= 4 is 5.97 Å². The van der Waals surface area contributed by atoms with Crippen LogP contribution in [0, 0.1) is 0 Å². The molecule has 0 heterocycles. The Hall–Kier alpha value is -1.35. The number of rotatable bonds is 7. The van der Waals surface area contributed by atoms with Gasteiger partial charge in [-0.25, -0.2) is 0 Å². The maximum atomic E-state index is 10.8. The van der Waals surface area contributed by atoms with Gasteiger partial charge in [-0.15, -0.1) is 0 Å². The summed E-state index contributed by atoms with van der Waals surface area (Å²) in [5.41, 5.74) is 1.09. The second kappa shape index (κ2) is 7.44. The number of carbonyl (C=O) groups is 1. The van der Waals surface area contributed by atoms with Gasteiger partial charge in [-0.3, -0.25) is 4.79 Å². The van der Waals surface area contributed by atoms with Gasteiger partial charge in [0.15, 0.2) is 0 Å². The molecule has 0 atom stereocenters. The van der Waals surface area contributed by atoms with Crippen molar-refractivity contribution in [2.45, 2.75) is 57.0 Å². The van der Waals surface area contributed by atoms with Gasteiger partial charge < -0.3 is 9.84 Å². The molecular formula is C17H24O3. The lowest BCUT2D eigenvalue weighted by Crippen LogP contribution is -2.36. The molecule has 110 valence electrons. The zero-order valence-corrected chi connectivity index (χ0v) is 12.0. The summed E-state index contributed by atoms with van der Waals surface area (Å²) in [6.07, 6.45) is 7.34. The maximum Gasteiger partial charge on any atom is 0.303 e. The molecule has 0 saturated heterocycles. The van der Waals surface area contributed by atoms with E-state index in [1.807, 2.05) is 18.2 Å². The summed E-state index contributed by atoms with van der Waals surface area (Å²) in [6.45, 7) is 0.684. The molecule has 3 nitrogen and oxygen atoms in total. The van der Waals surface area contributed by atoms with Crippen molar-refractivity contribution < 1.29 is 14.6 Å². The molecule has 2 rings (SSSR count). The van der Waals surface area contributed by atoms with Gasteiger partial charge >= 0.3 is 5.97 Å². The minimum atomic E-state index is -0.721. The first-order valence-corrected chi connectivity index (χ1v) is 7.60.